The van der Waals surface area contributed by atoms with Crippen molar-refractivity contribution >= 4 is 23.4 Å². The third-order valence-corrected chi connectivity index (χ3v) is 5.60. The lowest BCUT2D eigenvalue weighted by Gasteiger charge is -2.35. The van der Waals surface area contributed by atoms with E-state index in [1.807, 2.05) is 23.9 Å². The van der Waals surface area contributed by atoms with Gasteiger partial charge in [0.15, 0.2) is 0 Å². The van der Waals surface area contributed by atoms with Crippen molar-refractivity contribution in [2.45, 2.75) is 49.3 Å². The van der Waals surface area contributed by atoms with E-state index in [0.717, 1.165) is 17.5 Å². The van der Waals surface area contributed by atoms with Gasteiger partial charge in [-0.2, -0.15) is 0 Å². The van der Waals surface area contributed by atoms with Gasteiger partial charge in [-0.05, 0) is 43.4 Å². The molecule has 2 nitrogen and oxygen atoms in total. The molecule has 1 aromatic heterocycles. The van der Waals surface area contributed by atoms with Crippen LogP contribution in [0.5, 0.6) is 0 Å². The summed E-state index contributed by atoms with van der Waals surface area (Å²) in [6, 6.07) is 3.94. The molecule has 0 radical (unpaired) electrons. The van der Waals surface area contributed by atoms with Gasteiger partial charge in [-0.3, -0.25) is 0 Å². The van der Waals surface area contributed by atoms with Crippen LogP contribution in [0.1, 0.15) is 39.0 Å². The molecule has 1 saturated carbocycles. The Morgan fingerprint density at radius 1 is 1.42 bits per heavy atom. The van der Waals surface area contributed by atoms with Gasteiger partial charge < -0.3 is 5.73 Å². The first-order chi connectivity index (χ1) is 9.22. The monoisotopic (exact) mass is 298 g/mol. The van der Waals surface area contributed by atoms with Gasteiger partial charge in [0, 0.05) is 11.4 Å². The Bertz CT molecular complexity index is 382. The molecule has 3 unspecified atom stereocenters. The number of hydrogen-bond acceptors (Lipinski definition) is 3. The Morgan fingerprint density at radius 2 is 2.26 bits per heavy atom. The van der Waals surface area contributed by atoms with Gasteiger partial charge in [-0.15, -0.1) is 11.8 Å². The maximum absolute atomic E-state index is 5.94. The summed E-state index contributed by atoms with van der Waals surface area (Å²) < 4.78 is 0. The summed E-state index contributed by atoms with van der Waals surface area (Å²) in [5, 5.41) is 2.39. The summed E-state index contributed by atoms with van der Waals surface area (Å²) in [6.07, 6.45) is 8.27. The second kappa shape index (κ2) is 7.51. The van der Waals surface area contributed by atoms with Crippen LogP contribution in [0, 0.1) is 11.8 Å². The van der Waals surface area contributed by atoms with Crippen molar-refractivity contribution in [3.8, 4) is 0 Å². The molecule has 2 N–H and O–H groups in total. The molecule has 3 atom stereocenters. The molecule has 4 heteroatoms. The van der Waals surface area contributed by atoms with Gasteiger partial charge in [-0.1, -0.05) is 37.8 Å². The Labute approximate surface area is 125 Å². The molecule has 1 fully saturated rings. The fraction of sp³-hybridized carbons (Fsp3) is 0.667. The number of rotatable bonds is 5. The summed E-state index contributed by atoms with van der Waals surface area (Å²) in [5.74, 6) is 1.51. The SMILES string of the molecule is CCCC1CCC(CN)C(Sc2ccc(Cl)cn2)C1. The van der Waals surface area contributed by atoms with Crippen molar-refractivity contribution in [1.82, 2.24) is 4.98 Å². The molecule has 0 saturated heterocycles. The number of hydrogen-bond donors (Lipinski definition) is 1. The lowest BCUT2D eigenvalue weighted by Crippen LogP contribution is -2.32. The highest BCUT2D eigenvalue weighted by Crippen LogP contribution is 2.40. The summed E-state index contributed by atoms with van der Waals surface area (Å²) in [4.78, 5) is 4.40. The third kappa shape index (κ3) is 4.37. The molecule has 0 spiro atoms. The van der Waals surface area contributed by atoms with Crippen LogP contribution in [0.3, 0.4) is 0 Å². The van der Waals surface area contributed by atoms with E-state index in [4.69, 9.17) is 17.3 Å². The predicted octanol–water partition coefficient (Wildman–Crippen LogP) is 4.37. The zero-order valence-corrected chi connectivity index (χ0v) is 13.1. The van der Waals surface area contributed by atoms with Crippen molar-refractivity contribution in [2.75, 3.05) is 6.54 Å². The number of nitrogens with zero attached hydrogens (tertiary/aromatic N) is 1. The van der Waals surface area contributed by atoms with Crippen LogP contribution < -0.4 is 5.73 Å². The third-order valence-electron chi connectivity index (χ3n) is 4.01. The van der Waals surface area contributed by atoms with Crippen LogP contribution in [-0.2, 0) is 0 Å². The van der Waals surface area contributed by atoms with Gasteiger partial charge in [0.25, 0.3) is 0 Å². The van der Waals surface area contributed by atoms with E-state index in [1.54, 1.807) is 6.20 Å². The topological polar surface area (TPSA) is 38.9 Å². The molecule has 1 heterocycles. The second-order valence-corrected chi connectivity index (χ2v) is 7.13. The normalized spacial score (nSPS) is 27.4. The lowest BCUT2D eigenvalue weighted by molar-refractivity contribution is 0.276. The van der Waals surface area contributed by atoms with Crippen LogP contribution in [-0.4, -0.2) is 16.8 Å². The summed E-state index contributed by atoms with van der Waals surface area (Å²) in [7, 11) is 0. The molecular weight excluding hydrogens is 276 g/mol. The molecule has 0 amide bonds. The van der Waals surface area contributed by atoms with E-state index < -0.39 is 0 Å². The van der Waals surface area contributed by atoms with E-state index in [9.17, 15) is 0 Å². The number of halogens is 1. The number of pyridine rings is 1. The fourth-order valence-electron chi connectivity index (χ4n) is 2.95. The van der Waals surface area contributed by atoms with Crippen LogP contribution in [0.25, 0.3) is 0 Å². The van der Waals surface area contributed by atoms with Crippen LogP contribution in [0.15, 0.2) is 23.4 Å². The summed E-state index contributed by atoms with van der Waals surface area (Å²) in [6.45, 7) is 3.07. The molecule has 1 aromatic rings. The van der Waals surface area contributed by atoms with E-state index in [1.165, 1.54) is 32.1 Å². The van der Waals surface area contributed by atoms with E-state index >= 15 is 0 Å². The zero-order chi connectivity index (χ0) is 13.7. The minimum atomic E-state index is 0.615. The Hall–Kier alpha value is -0.250. The molecule has 1 aliphatic rings. The minimum absolute atomic E-state index is 0.615. The summed E-state index contributed by atoms with van der Waals surface area (Å²) in [5.41, 5.74) is 5.94. The maximum atomic E-state index is 5.94. The van der Waals surface area contributed by atoms with Gasteiger partial charge in [0.05, 0.1) is 10.0 Å². The Balaban J connectivity index is 1.99. The minimum Gasteiger partial charge on any atom is -0.330 e. The van der Waals surface area contributed by atoms with Crippen molar-refractivity contribution in [1.29, 1.82) is 0 Å². The number of nitrogens with two attached hydrogens (primary N) is 1. The van der Waals surface area contributed by atoms with Crippen LogP contribution in [0.2, 0.25) is 5.02 Å². The van der Waals surface area contributed by atoms with Crippen LogP contribution in [0.4, 0.5) is 0 Å². The molecular formula is C15H23ClN2S. The zero-order valence-electron chi connectivity index (χ0n) is 11.5. The first kappa shape index (κ1) is 15.1. The Kier molecular flexibility index (Phi) is 5.99. The standard InChI is InChI=1S/C15H23ClN2S/c1-2-3-11-4-5-12(9-17)14(8-11)19-15-7-6-13(16)10-18-15/h6-7,10-12,14H,2-5,8-9,17H2,1H3. The molecule has 19 heavy (non-hydrogen) atoms. The van der Waals surface area contributed by atoms with Gasteiger partial charge in [0.1, 0.15) is 0 Å². The molecule has 0 aromatic carbocycles. The van der Waals surface area contributed by atoms with Gasteiger partial charge in [0.2, 0.25) is 0 Å². The lowest BCUT2D eigenvalue weighted by atomic mass is 9.80. The highest BCUT2D eigenvalue weighted by molar-refractivity contribution is 7.99. The van der Waals surface area contributed by atoms with Gasteiger partial charge >= 0.3 is 0 Å². The number of aromatic nitrogens is 1. The molecule has 1 aliphatic carbocycles. The fourth-order valence-corrected chi connectivity index (χ4v) is 4.44. The van der Waals surface area contributed by atoms with Crippen molar-refractivity contribution in [3.63, 3.8) is 0 Å². The molecule has 0 bridgehead atoms. The number of thioether (sulfide) groups is 1. The van der Waals surface area contributed by atoms with Crippen molar-refractivity contribution in [3.05, 3.63) is 23.4 Å². The van der Waals surface area contributed by atoms with Crippen molar-refractivity contribution < 1.29 is 0 Å². The summed E-state index contributed by atoms with van der Waals surface area (Å²) >= 11 is 7.77. The first-order valence-electron chi connectivity index (χ1n) is 7.21. The largest absolute Gasteiger partial charge is 0.330 e. The maximum Gasteiger partial charge on any atom is 0.0963 e. The highest BCUT2D eigenvalue weighted by atomic mass is 35.5. The molecule has 106 valence electrons. The first-order valence-corrected chi connectivity index (χ1v) is 8.47. The smallest absolute Gasteiger partial charge is 0.0963 e. The quantitative estimate of drug-likeness (QED) is 0.877. The van der Waals surface area contributed by atoms with E-state index in [2.05, 4.69) is 11.9 Å². The second-order valence-electron chi connectivity index (χ2n) is 5.43. The highest BCUT2D eigenvalue weighted by Gasteiger charge is 2.30. The van der Waals surface area contributed by atoms with Crippen LogP contribution >= 0.6 is 23.4 Å². The average molecular weight is 299 g/mol. The predicted molar refractivity (Wildman–Crippen MR) is 83.7 cm³/mol. The van der Waals surface area contributed by atoms with E-state index in [-0.39, 0.29) is 0 Å². The molecule has 0 aliphatic heterocycles. The Morgan fingerprint density at radius 3 is 2.89 bits per heavy atom. The average Bonchev–Trinajstić information content (AvgIpc) is 2.42. The van der Waals surface area contributed by atoms with Crippen molar-refractivity contribution in [2.24, 2.45) is 17.6 Å². The van der Waals surface area contributed by atoms with E-state index in [0.29, 0.717) is 16.2 Å². The molecule has 2 rings (SSSR count). The van der Waals surface area contributed by atoms with Gasteiger partial charge in [-0.25, -0.2) is 4.98 Å².